The highest BCUT2D eigenvalue weighted by Crippen LogP contribution is 2.28. The van der Waals surface area contributed by atoms with E-state index in [1.54, 1.807) is 6.08 Å². The van der Waals surface area contributed by atoms with E-state index in [9.17, 15) is 18.0 Å². The molecule has 0 radical (unpaired) electrons. The van der Waals surface area contributed by atoms with Crippen molar-refractivity contribution in [2.24, 2.45) is 0 Å². The van der Waals surface area contributed by atoms with Crippen molar-refractivity contribution < 1.29 is 18.0 Å². The minimum atomic E-state index is -4.61. The van der Waals surface area contributed by atoms with Gasteiger partial charge in [0, 0.05) is 10.6 Å². The number of nitrogens with zero attached hydrogens (tertiary/aromatic N) is 5. The number of hydrogen-bond donors (Lipinski definition) is 0. The molecule has 0 amide bonds. The number of aromatic nitrogens is 5. The lowest BCUT2D eigenvalue weighted by Crippen LogP contribution is -2.13. The van der Waals surface area contributed by atoms with Crippen LogP contribution in [0, 0.1) is 6.92 Å². The predicted octanol–water partition coefficient (Wildman–Crippen LogP) is 3.34. The Morgan fingerprint density at radius 1 is 1.32 bits per heavy atom. The lowest BCUT2D eigenvalue weighted by molar-refractivity contribution is -0.141. The van der Waals surface area contributed by atoms with Gasteiger partial charge in [0.15, 0.2) is 5.69 Å². The van der Waals surface area contributed by atoms with Crippen molar-refractivity contribution in [1.29, 1.82) is 0 Å². The minimum Gasteiger partial charge on any atom is -0.287 e. The Morgan fingerprint density at radius 2 is 2.12 bits per heavy atom. The maximum atomic E-state index is 12.8. The van der Waals surface area contributed by atoms with E-state index in [0.29, 0.717) is 0 Å². The Morgan fingerprint density at radius 3 is 2.80 bits per heavy atom. The Balaban J connectivity index is 1.86. The number of alkyl halides is 3. The smallest absolute Gasteiger partial charge is 0.287 e. The van der Waals surface area contributed by atoms with Gasteiger partial charge in [-0.15, -0.1) is 16.4 Å². The third-order valence-electron chi connectivity index (χ3n) is 3.03. The first-order valence-electron chi connectivity index (χ1n) is 6.94. The summed E-state index contributed by atoms with van der Waals surface area (Å²) in [5.41, 5.74) is -0.985. The summed E-state index contributed by atoms with van der Waals surface area (Å²) < 4.78 is 39.4. The zero-order chi connectivity index (χ0) is 18.0. The van der Waals surface area contributed by atoms with Gasteiger partial charge in [0.2, 0.25) is 5.78 Å². The van der Waals surface area contributed by atoms with Crippen LogP contribution in [0.15, 0.2) is 35.9 Å². The van der Waals surface area contributed by atoms with E-state index in [1.807, 2.05) is 17.5 Å². The molecule has 0 unspecified atom stereocenters. The summed E-state index contributed by atoms with van der Waals surface area (Å²) in [5.74, 6) is -0.732. The number of rotatable bonds is 4. The second-order valence-electron chi connectivity index (χ2n) is 4.95. The molecule has 3 heterocycles. The van der Waals surface area contributed by atoms with Gasteiger partial charge in [-0.2, -0.15) is 17.9 Å². The molecule has 10 heteroatoms. The topological polar surface area (TPSA) is 73.6 Å². The summed E-state index contributed by atoms with van der Waals surface area (Å²) in [4.78, 5) is 20.3. The van der Waals surface area contributed by atoms with Crippen molar-refractivity contribution in [3.8, 4) is 5.95 Å². The maximum Gasteiger partial charge on any atom is 0.433 e. The van der Waals surface area contributed by atoms with Crippen LogP contribution in [0.4, 0.5) is 13.2 Å². The van der Waals surface area contributed by atoms with Gasteiger partial charge in [0.1, 0.15) is 5.69 Å². The van der Waals surface area contributed by atoms with E-state index >= 15 is 0 Å². The standard InChI is InChI=1S/C15H10F3N5OS/c1-9-7-13(15(16,17)18)20-14(19-9)23-8-11(21-22-23)12(24)5-4-10-3-2-6-25-10/h2-8H,1H3. The second kappa shape index (κ2) is 6.55. The lowest BCUT2D eigenvalue weighted by atomic mass is 10.2. The molecule has 0 aliphatic rings. The monoisotopic (exact) mass is 365 g/mol. The lowest BCUT2D eigenvalue weighted by Gasteiger charge is -2.07. The van der Waals surface area contributed by atoms with Gasteiger partial charge in [-0.25, -0.2) is 9.97 Å². The normalized spacial score (nSPS) is 12.0. The van der Waals surface area contributed by atoms with Crippen LogP contribution >= 0.6 is 11.3 Å². The average Bonchev–Trinajstić information content (AvgIpc) is 3.23. The zero-order valence-electron chi connectivity index (χ0n) is 12.7. The molecular formula is C15H10F3N5OS. The molecule has 0 saturated heterocycles. The van der Waals surface area contributed by atoms with Gasteiger partial charge in [-0.3, -0.25) is 4.79 Å². The molecule has 0 aliphatic carbocycles. The molecule has 3 aromatic rings. The van der Waals surface area contributed by atoms with E-state index in [1.165, 1.54) is 30.5 Å². The highest BCUT2D eigenvalue weighted by Gasteiger charge is 2.33. The minimum absolute atomic E-state index is 0.0218. The number of thiophene rings is 1. The first kappa shape index (κ1) is 17.0. The number of ketones is 1. The molecule has 0 bridgehead atoms. The molecular weight excluding hydrogens is 355 g/mol. The van der Waals surface area contributed by atoms with Crippen LogP contribution in [0.25, 0.3) is 12.0 Å². The highest BCUT2D eigenvalue weighted by atomic mass is 32.1. The van der Waals surface area contributed by atoms with Gasteiger partial charge in [-0.05, 0) is 36.6 Å². The van der Waals surface area contributed by atoms with Gasteiger partial charge < -0.3 is 0 Å². The molecule has 0 aromatic carbocycles. The van der Waals surface area contributed by atoms with E-state index in [4.69, 9.17) is 0 Å². The first-order valence-corrected chi connectivity index (χ1v) is 7.82. The fraction of sp³-hybridized carbons (Fsp3) is 0.133. The van der Waals surface area contributed by atoms with Gasteiger partial charge in [0.25, 0.3) is 5.95 Å². The summed E-state index contributed by atoms with van der Waals surface area (Å²) >= 11 is 1.46. The Bertz CT molecular complexity index is 931. The van der Waals surface area contributed by atoms with Crippen molar-refractivity contribution in [3.05, 3.63) is 57.8 Å². The van der Waals surface area contributed by atoms with E-state index < -0.39 is 17.7 Å². The van der Waals surface area contributed by atoms with Crippen LogP contribution in [-0.2, 0) is 6.18 Å². The largest absolute Gasteiger partial charge is 0.433 e. The van der Waals surface area contributed by atoms with Crippen LogP contribution in [-0.4, -0.2) is 30.7 Å². The van der Waals surface area contributed by atoms with Crippen molar-refractivity contribution in [3.63, 3.8) is 0 Å². The van der Waals surface area contributed by atoms with Gasteiger partial charge in [-0.1, -0.05) is 11.3 Å². The molecule has 0 atom stereocenters. The fourth-order valence-corrected chi connectivity index (χ4v) is 2.52. The second-order valence-corrected chi connectivity index (χ2v) is 5.93. The number of hydrogen-bond acceptors (Lipinski definition) is 6. The summed E-state index contributed by atoms with van der Waals surface area (Å²) in [6, 6.07) is 4.51. The Labute approximate surface area is 143 Å². The number of carbonyl (C=O) groups excluding carboxylic acids is 1. The van der Waals surface area contributed by atoms with Crippen LogP contribution in [0.1, 0.15) is 26.8 Å². The molecule has 0 saturated carbocycles. The predicted molar refractivity (Wildman–Crippen MR) is 84.4 cm³/mol. The zero-order valence-corrected chi connectivity index (χ0v) is 13.5. The van der Waals surface area contributed by atoms with Crippen molar-refractivity contribution in [2.45, 2.75) is 13.1 Å². The molecule has 0 aliphatic heterocycles. The SMILES string of the molecule is Cc1cc(C(F)(F)F)nc(-n2cc(C(=O)C=Cc3cccs3)nn2)n1. The molecule has 25 heavy (non-hydrogen) atoms. The molecule has 3 rings (SSSR count). The number of aryl methyl sites for hydroxylation is 1. The average molecular weight is 365 g/mol. The Hall–Kier alpha value is -2.88. The molecule has 0 spiro atoms. The van der Waals surface area contributed by atoms with Crippen molar-refractivity contribution in [1.82, 2.24) is 25.0 Å². The van der Waals surface area contributed by atoms with Crippen LogP contribution in [0.5, 0.6) is 0 Å². The van der Waals surface area contributed by atoms with E-state index in [-0.39, 0.29) is 17.3 Å². The summed E-state index contributed by atoms with van der Waals surface area (Å²) in [5, 5.41) is 9.18. The summed E-state index contributed by atoms with van der Waals surface area (Å²) in [6.45, 7) is 1.41. The fourth-order valence-electron chi connectivity index (χ4n) is 1.90. The number of halogens is 3. The van der Waals surface area contributed by atoms with E-state index in [2.05, 4.69) is 20.3 Å². The molecule has 6 nitrogen and oxygen atoms in total. The molecule has 0 fully saturated rings. The third kappa shape index (κ3) is 3.97. The van der Waals surface area contributed by atoms with Crippen LogP contribution in [0.2, 0.25) is 0 Å². The quantitative estimate of drug-likeness (QED) is 0.524. The molecule has 3 aromatic heterocycles. The van der Waals surface area contributed by atoms with Crippen LogP contribution < -0.4 is 0 Å². The van der Waals surface area contributed by atoms with Gasteiger partial charge in [0.05, 0.1) is 6.20 Å². The molecule has 0 N–H and O–H groups in total. The number of allylic oxidation sites excluding steroid dienone is 1. The van der Waals surface area contributed by atoms with Crippen LogP contribution in [0.3, 0.4) is 0 Å². The maximum absolute atomic E-state index is 12.8. The summed E-state index contributed by atoms with van der Waals surface area (Å²) in [7, 11) is 0. The number of carbonyl (C=O) groups is 1. The van der Waals surface area contributed by atoms with Crippen molar-refractivity contribution >= 4 is 23.2 Å². The van der Waals surface area contributed by atoms with Gasteiger partial charge >= 0.3 is 6.18 Å². The van der Waals surface area contributed by atoms with E-state index in [0.717, 1.165) is 15.6 Å². The highest BCUT2D eigenvalue weighted by molar-refractivity contribution is 7.10. The van der Waals surface area contributed by atoms with Crippen molar-refractivity contribution in [2.75, 3.05) is 0 Å². The first-order chi connectivity index (χ1) is 11.8. The third-order valence-corrected chi connectivity index (χ3v) is 3.86. The summed E-state index contributed by atoms with van der Waals surface area (Å²) in [6.07, 6.45) is -0.476. The molecule has 128 valence electrons. The Kier molecular flexibility index (Phi) is 4.45.